The summed E-state index contributed by atoms with van der Waals surface area (Å²) in [5.41, 5.74) is 2.95. The summed E-state index contributed by atoms with van der Waals surface area (Å²) in [6.45, 7) is 3.72. The highest BCUT2D eigenvalue weighted by molar-refractivity contribution is 6.00. The molecule has 0 spiro atoms. The molecule has 0 saturated heterocycles. The number of alkyl carbamates (subject to hydrolysis) is 1. The number of ether oxygens (including phenoxy) is 1. The smallest absolute Gasteiger partial charge is 0.407 e. The van der Waals surface area contributed by atoms with E-state index < -0.39 is 0 Å². The van der Waals surface area contributed by atoms with Crippen molar-refractivity contribution in [3.63, 3.8) is 0 Å². The summed E-state index contributed by atoms with van der Waals surface area (Å²) in [7, 11) is 0. The van der Waals surface area contributed by atoms with Crippen LogP contribution < -0.4 is 5.32 Å². The lowest BCUT2D eigenvalue weighted by molar-refractivity contribution is 0.109. The number of imidazole rings is 1. The standard InChI is InChI=1S/C18H23N5O2/c1-11(2)25-18(24)22-12-3-5-13(6-4-12)23-10-21-15-9-20-17-14(16(15)23)7-8-19-17/h7-13H,3-6H2,1-2H3,(H,19,20)(H,22,24). The van der Waals surface area contributed by atoms with Crippen LogP contribution in [0.3, 0.4) is 0 Å². The summed E-state index contributed by atoms with van der Waals surface area (Å²) >= 11 is 0. The van der Waals surface area contributed by atoms with Crippen molar-refractivity contribution in [3.05, 3.63) is 24.8 Å². The number of fused-ring (bicyclic) bond motifs is 3. The average Bonchev–Trinajstić information content (AvgIpc) is 3.20. The van der Waals surface area contributed by atoms with Crippen LogP contribution in [0, 0.1) is 0 Å². The van der Waals surface area contributed by atoms with Crippen LogP contribution in [-0.4, -0.2) is 37.8 Å². The summed E-state index contributed by atoms with van der Waals surface area (Å²) in [5, 5.41) is 4.08. The largest absolute Gasteiger partial charge is 0.447 e. The van der Waals surface area contributed by atoms with Crippen LogP contribution in [0.15, 0.2) is 24.8 Å². The van der Waals surface area contributed by atoms with Crippen LogP contribution in [0.1, 0.15) is 45.6 Å². The first-order valence-electron chi connectivity index (χ1n) is 8.87. The van der Waals surface area contributed by atoms with Gasteiger partial charge >= 0.3 is 6.09 Å². The van der Waals surface area contributed by atoms with Crippen molar-refractivity contribution in [2.45, 2.75) is 57.7 Å². The molecule has 0 aliphatic heterocycles. The maximum Gasteiger partial charge on any atom is 0.407 e. The normalized spacial score (nSPS) is 21.1. The van der Waals surface area contributed by atoms with Crippen LogP contribution >= 0.6 is 0 Å². The van der Waals surface area contributed by atoms with Gasteiger partial charge in [0.25, 0.3) is 0 Å². The third-order valence-corrected chi connectivity index (χ3v) is 4.87. The number of nitrogens with zero attached hydrogens (tertiary/aromatic N) is 3. The maximum absolute atomic E-state index is 11.8. The number of carbonyl (C=O) groups is 1. The second-order valence-electron chi connectivity index (χ2n) is 6.99. The number of amides is 1. The fourth-order valence-corrected chi connectivity index (χ4v) is 3.72. The van der Waals surface area contributed by atoms with Crippen molar-refractivity contribution < 1.29 is 9.53 Å². The van der Waals surface area contributed by atoms with E-state index in [1.807, 2.05) is 32.6 Å². The molecule has 132 valence electrons. The molecule has 4 rings (SSSR count). The minimum absolute atomic E-state index is 0.0916. The number of hydrogen-bond donors (Lipinski definition) is 2. The summed E-state index contributed by atoms with van der Waals surface area (Å²) in [5.74, 6) is 0. The Kier molecular flexibility index (Phi) is 4.07. The van der Waals surface area contributed by atoms with Gasteiger partial charge in [0.1, 0.15) is 11.2 Å². The van der Waals surface area contributed by atoms with Crippen molar-refractivity contribution in [1.82, 2.24) is 24.8 Å². The summed E-state index contributed by atoms with van der Waals surface area (Å²) in [6, 6.07) is 2.63. The Morgan fingerprint density at radius 2 is 2.12 bits per heavy atom. The highest BCUT2D eigenvalue weighted by Gasteiger charge is 2.25. The molecule has 25 heavy (non-hydrogen) atoms. The van der Waals surface area contributed by atoms with Gasteiger partial charge in [0, 0.05) is 23.7 Å². The molecule has 1 fully saturated rings. The highest BCUT2D eigenvalue weighted by Crippen LogP contribution is 2.33. The number of pyridine rings is 1. The summed E-state index contributed by atoms with van der Waals surface area (Å²) in [4.78, 5) is 23.9. The van der Waals surface area contributed by atoms with E-state index in [2.05, 4.69) is 30.9 Å². The summed E-state index contributed by atoms with van der Waals surface area (Å²) < 4.78 is 7.45. The van der Waals surface area contributed by atoms with Crippen LogP contribution in [0.2, 0.25) is 0 Å². The minimum Gasteiger partial charge on any atom is -0.447 e. The second-order valence-corrected chi connectivity index (χ2v) is 6.99. The van der Waals surface area contributed by atoms with Gasteiger partial charge in [-0.3, -0.25) is 0 Å². The molecular weight excluding hydrogens is 318 g/mol. The Morgan fingerprint density at radius 3 is 2.88 bits per heavy atom. The Hall–Kier alpha value is -2.57. The molecule has 7 heteroatoms. The van der Waals surface area contributed by atoms with E-state index in [9.17, 15) is 4.79 Å². The minimum atomic E-state index is -0.313. The van der Waals surface area contributed by atoms with Gasteiger partial charge in [-0.05, 0) is 45.6 Å². The molecule has 3 heterocycles. The highest BCUT2D eigenvalue weighted by atomic mass is 16.6. The first-order chi connectivity index (χ1) is 12.1. The third kappa shape index (κ3) is 3.06. The van der Waals surface area contributed by atoms with Gasteiger partial charge in [-0.15, -0.1) is 0 Å². The first kappa shape index (κ1) is 15.9. The second kappa shape index (κ2) is 6.38. The fourth-order valence-electron chi connectivity index (χ4n) is 3.72. The monoisotopic (exact) mass is 341 g/mol. The van der Waals surface area contributed by atoms with Crippen molar-refractivity contribution >= 4 is 28.2 Å². The van der Waals surface area contributed by atoms with Crippen LogP contribution in [0.5, 0.6) is 0 Å². The lowest BCUT2D eigenvalue weighted by Gasteiger charge is -2.30. The summed E-state index contributed by atoms with van der Waals surface area (Å²) in [6.07, 6.45) is 9.15. The van der Waals surface area contributed by atoms with Gasteiger partial charge in [-0.2, -0.15) is 0 Å². The molecule has 0 bridgehead atoms. The van der Waals surface area contributed by atoms with Crippen molar-refractivity contribution in [2.75, 3.05) is 0 Å². The lowest BCUT2D eigenvalue weighted by Crippen LogP contribution is -2.39. The zero-order valence-electron chi connectivity index (χ0n) is 14.5. The fraction of sp³-hybridized carbons (Fsp3) is 0.500. The zero-order chi connectivity index (χ0) is 17.4. The van der Waals surface area contributed by atoms with E-state index in [4.69, 9.17) is 4.74 Å². The van der Waals surface area contributed by atoms with E-state index >= 15 is 0 Å². The lowest BCUT2D eigenvalue weighted by atomic mass is 9.91. The molecule has 0 aromatic carbocycles. The molecule has 0 unspecified atom stereocenters. The first-order valence-corrected chi connectivity index (χ1v) is 8.87. The van der Waals surface area contributed by atoms with Crippen molar-refractivity contribution in [1.29, 1.82) is 0 Å². The topological polar surface area (TPSA) is 84.8 Å². The van der Waals surface area contributed by atoms with E-state index in [0.717, 1.165) is 47.8 Å². The SMILES string of the molecule is CC(C)OC(=O)NC1CCC(n2cnc3cnc4[nH]ccc4c32)CC1. The number of H-pyrrole nitrogens is 1. The van der Waals surface area contributed by atoms with Crippen LogP contribution in [0.4, 0.5) is 4.79 Å². The Morgan fingerprint density at radius 1 is 1.32 bits per heavy atom. The van der Waals surface area contributed by atoms with Crippen molar-refractivity contribution in [2.24, 2.45) is 0 Å². The van der Waals surface area contributed by atoms with E-state index in [0.29, 0.717) is 6.04 Å². The predicted octanol–water partition coefficient (Wildman–Crippen LogP) is 3.53. The van der Waals surface area contributed by atoms with Crippen molar-refractivity contribution in [3.8, 4) is 0 Å². The molecule has 1 aliphatic rings. The molecular formula is C18H23N5O2. The molecule has 0 radical (unpaired) electrons. The predicted molar refractivity (Wildman–Crippen MR) is 95.4 cm³/mol. The van der Waals surface area contributed by atoms with E-state index in [1.165, 1.54) is 0 Å². The molecule has 1 saturated carbocycles. The quantitative estimate of drug-likeness (QED) is 0.763. The van der Waals surface area contributed by atoms with Gasteiger partial charge < -0.3 is 19.6 Å². The van der Waals surface area contributed by atoms with Gasteiger partial charge in [0.2, 0.25) is 0 Å². The Bertz CT molecular complexity index is 889. The molecule has 7 nitrogen and oxygen atoms in total. The number of nitrogens with one attached hydrogen (secondary N) is 2. The molecule has 0 atom stereocenters. The molecule has 2 N–H and O–H groups in total. The van der Waals surface area contributed by atoms with Gasteiger partial charge in [0.05, 0.1) is 24.1 Å². The van der Waals surface area contributed by atoms with E-state index in [1.54, 1.807) is 0 Å². The number of hydrogen-bond acceptors (Lipinski definition) is 4. The number of rotatable bonds is 3. The number of carbonyl (C=O) groups excluding carboxylic acids is 1. The van der Waals surface area contributed by atoms with E-state index in [-0.39, 0.29) is 18.2 Å². The molecule has 3 aromatic rings. The molecule has 3 aromatic heterocycles. The molecule has 1 amide bonds. The van der Waals surface area contributed by atoms with Crippen LogP contribution in [0.25, 0.3) is 22.1 Å². The zero-order valence-corrected chi connectivity index (χ0v) is 14.5. The number of aromatic amines is 1. The van der Waals surface area contributed by atoms with Crippen LogP contribution in [-0.2, 0) is 4.74 Å². The average molecular weight is 341 g/mol. The molecule has 1 aliphatic carbocycles. The Labute approximate surface area is 145 Å². The van der Waals surface area contributed by atoms with Gasteiger partial charge in [-0.25, -0.2) is 14.8 Å². The maximum atomic E-state index is 11.8. The number of aromatic nitrogens is 4. The van der Waals surface area contributed by atoms with Gasteiger partial charge in [-0.1, -0.05) is 0 Å². The van der Waals surface area contributed by atoms with Gasteiger partial charge in [0.15, 0.2) is 0 Å². The third-order valence-electron chi connectivity index (χ3n) is 4.87. The Balaban J connectivity index is 1.49.